The molecule has 1 unspecified atom stereocenters. The Labute approximate surface area is 166 Å². The second-order valence-electron chi connectivity index (χ2n) is 5.63. The molecule has 0 spiro atoms. The standard InChI is InChI=1S/C16H25N3O2S2.HI/c1-3-17-16(19-12-14-5-4-10-22-14)18-11-13-6-8-15(9-7-13)23(2,20)21;/h6-9,14H,3-5,10-12H2,1-2H3,(H2,17,18,19);1H. The lowest BCUT2D eigenvalue weighted by atomic mass is 10.2. The summed E-state index contributed by atoms with van der Waals surface area (Å²) in [7, 11) is -3.14. The molecule has 0 radical (unpaired) electrons. The third-order valence-electron chi connectivity index (χ3n) is 3.64. The molecule has 24 heavy (non-hydrogen) atoms. The fourth-order valence-electron chi connectivity index (χ4n) is 2.37. The maximum atomic E-state index is 11.5. The molecule has 1 atom stereocenters. The molecule has 5 nitrogen and oxygen atoms in total. The molecular weight excluding hydrogens is 457 g/mol. The Morgan fingerprint density at radius 1 is 1.29 bits per heavy atom. The first-order chi connectivity index (χ1) is 11.0. The SMILES string of the molecule is CCNC(=NCc1ccc(S(C)(=O)=O)cc1)NCC1CCCS1.I. The van der Waals surface area contributed by atoms with Gasteiger partial charge < -0.3 is 10.6 Å². The number of sulfone groups is 1. The summed E-state index contributed by atoms with van der Waals surface area (Å²) in [5.74, 6) is 2.07. The van der Waals surface area contributed by atoms with E-state index < -0.39 is 9.84 Å². The Morgan fingerprint density at radius 3 is 2.54 bits per heavy atom. The molecule has 2 rings (SSSR count). The Morgan fingerprint density at radius 2 is 2.00 bits per heavy atom. The van der Waals surface area contributed by atoms with Gasteiger partial charge in [0.05, 0.1) is 11.4 Å². The number of guanidine groups is 1. The summed E-state index contributed by atoms with van der Waals surface area (Å²) >= 11 is 2.02. The van der Waals surface area contributed by atoms with Crippen LogP contribution < -0.4 is 10.6 Å². The summed E-state index contributed by atoms with van der Waals surface area (Å²) < 4.78 is 22.9. The van der Waals surface area contributed by atoms with Crippen LogP contribution in [0.5, 0.6) is 0 Å². The van der Waals surface area contributed by atoms with Crippen molar-refractivity contribution in [3.63, 3.8) is 0 Å². The molecule has 0 amide bonds. The van der Waals surface area contributed by atoms with E-state index in [-0.39, 0.29) is 24.0 Å². The van der Waals surface area contributed by atoms with E-state index in [0.29, 0.717) is 16.7 Å². The summed E-state index contributed by atoms with van der Waals surface area (Å²) in [5.41, 5.74) is 0.991. The lowest BCUT2D eigenvalue weighted by Gasteiger charge is -2.14. The summed E-state index contributed by atoms with van der Waals surface area (Å²) in [6, 6.07) is 6.90. The van der Waals surface area contributed by atoms with Gasteiger partial charge >= 0.3 is 0 Å². The first-order valence-electron chi connectivity index (χ1n) is 7.92. The molecule has 1 aliphatic heterocycles. The van der Waals surface area contributed by atoms with Crippen molar-refractivity contribution < 1.29 is 8.42 Å². The lowest BCUT2D eigenvalue weighted by molar-refractivity contribution is 0.602. The average Bonchev–Trinajstić information content (AvgIpc) is 3.03. The van der Waals surface area contributed by atoms with Gasteiger partial charge in [-0.05, 0) is 43.2 Å². The summed E-state index contributed by atoms with van der Waals surface area (Å²) in [4.78, 5) is 4.91. The van der Waals surface area contributed by atoms with E-state index in [2.05, 4.69) is 15.6 Å². The van der Waals surface area contributed by atoms with E-state index in [1.807, 2.05) is 30.8 Å². The Hall–Kier alpha value is -0.480. The summed E-state index contributed by atoms with van der Waals surface area (Å²) in [6.07, 6.45) is 3.79. The predicted molar refractivity (Wildman–Crippen MR) is 113 cm³/mol. The molecular formula is C16H26IN3O2S2. The fraction of sp³-hybridized carbons (Fsp3) is 0.562. The van der Waals surface area contributed by atoms with Crippen LogP contribution in [-0.4, -0.2) is 44.7 Å². The van der Waals surface area contributed by atoms with Crippen molar-refractivity contribution in [2.45, 2.75) is 36.5 Å². The average molecular weight is 483 g/mol. The van der Waals surface area contributed by atoms with Gasteiger partial charge in [0.25, 0.3) is 0 Å². The van der Waals surface area contributed by atoms with Crippen LogP contribution in [-0.2, 0) is 16.4 Å². The van der Waals surface area contributed by atoms with E-state index in [9.17, 15) is 8.42 Å². The van der Waals surface area contributed by atoms with Crippen molar-refractivity contribution in [2.24, 2.45) is 4.99 Å². The van der Waals surface area contributed by atoms with Crippen LogP contribution in [0, 0.1) is 0 Å². The maximum absolute atomic E-state index is 11.5. The number of hydrogen-bond acceptors (Lipinski definition) is 4. The van der Waals surface area contributed by atoms with Gasteiger partial charge in [-0.3, -0.25) is 0 Å². The number of benzene rings is 1. The number of nitrogens with zero attached hydrogens (tertiary/aromatic N) is 1. The molecule has 0 aliphatic carbocycles. The normalized spacial score (nSPS) is 18.1. The molecule has 1 aromatic carbocycles. The topological polar surface area (TPSA) is 70.6 Å². The first-order valence-corrected chi connectivity index (χ1v) is 10.9. The van der Waals surface area contributed by atoms with Gasteiger partial charge in [-0.2, -0.15) is 11.8 Å². The third-order valence-corrected chi connectivity index (χ3v) is 6.16. The van der Waals surface area contributed by atoms with Crippen molar-refractivity contribution in [2.75, 3.05) is 25.1 Å². The molecule has 1 fully saturated rings. The molecule has 1 aliphatic rings. The molecule has 0 bridgehead atoms. The number of aliphatic imine (C=N–C) groups is 1. The van der Waals surface area contributed by atoms with Crippen molar-refractivity contribution in [3.05, 3.63) is 29.8 Å². The Kier molecular flexibility index (Phi) is 9.43. The molecule has 1 saturated heterocycles. The Bertz CT molecular complexity index is 627. The zero-order chi connectivity index (χ0) is 16.7. The van der Waals surface area contributed by atoms with Gasteiger partial charge in [-0.25, -0.2) is 13.4 Å². The van der Waals surface area contributed by atoms with E-state index in [1.165, 1.54) is 24.9 Å². The smallest absolute Gasteiger partial charge is 0.191 e. The highest BCUT2D eigenvalue weighted by atomic mass is 127. The van der Waals surface area contributed by atoms with Crippen molar-refractivity contribution >= 4 is 51.5 Å². The van der Waals surface area contributed by atoms with Crippen molar-refractivity contribution in [1.29, 1.82) is 0 Å². The van der Waals surface area contributed by atoms with Crippen LogP contribution in [0.3, 0.4) is 0 Å². The van der Waals surface area contributed by atoms with Crippen LogP contribution in [0.4, 0.5) is 0 Å². The van der Waals surface area contributed by atoms with E-state index in [4.69, 9.17) is 0 Å². The van der Waals surface area contributed by atoms with Gasteiger partial charge in [0.2, 0.25) is 0 Å². The van der Waals surface area contributed by atoms with E-state index in [0.717, 1.165) is 24.6 Å². The van der Waals surface area contributed by atoms with Gasteiger partial charge in [0.1, 0.15) is 0 Å². The first kappa shape index (κ1) is 21.6. The van der Waals surface area contributed by atoms with Crippen molar-refractivity contribution in [3.8, 4) is 0 Å². The van der Waals surface area contributed by atoms with Crippen molar-refractivity contribution in [1.82, 2.24) is 10.6 Å². The highest BCUT2D eigenvalue weighted by molar-refractivity contribution is 14.0. The number of halogens is 1. The number of rotatable bonds is 6. The molecule has 0 saturated carbocycles. The minimum atomic E-state index is -3.14. The fourth-order valence-corrected chi connectivity index (χ4v) is 4.20. The molecule has 0 aromatic heterocycles. The third kappa shape index (κ3) is 7.18. The largest absolute Gasteiger partial charge is 0.357 e. The Balaban J connectivity index is 0.00000288. The van der Waals surface area contributed by atoms with Crippen LogP contribution in [0.15, 0.2) is 34.2 Å². The number of thioether (sulfide) groups is 1. The summed E-state index contributed by atoms with van der Waals surface area (Å²) in [5, 5.41) is 7.31. The monoisotopic (exact) mass is 483 g/mol. The van der Waals surface area contributed by atoms with Gasteiger partial charge in [0.15, 0.2) is 15.8 Å². The number of hydrogen-bond donors (Lipinski definition) is 2. The summed E-state index contributed by atoms with van der Waals surface area (Å²) in [6.45, 7) is 4.32. The van der Waals surface area contributed by atoms with E-state index in [1.54, 1.807) is 12.1 Å². The van der Waals surface area contributed by atoms with E-state index >= 15 is 0 Å². The highest BCUT2D eigenvalue weighted by Crippen LogP contribution is 2.25. The quantitative estimate of drug-likeness (QED) is 0.370. The molecule has 8 heteroatoms. The second-order valence-corrected chi connectivity index (χ2v) is 9.05. The maximum Gasteiger partial charge on any atom is 0.191 e. The van der Waals surface area contributed by atoms with Gasteiger partial charge in [-0.1, -0.05) is 12.1 Å². The molecule has 2 N–H and O–H groups in total. The van der Waals surface area contributed by atoms with Crippen LogP contribution in [0.2, 0.25) is 0 Å². The lowest BCUT2D eigenvalue weighted by Crippen LogP contribution is -2.40. The molecule has 1 heterocycles. The minimum absolute atomic E-state index is 0. The minimum Gasteiger partial charge on any atom is -0.357 e. The predicted octanol–water partition coefficient (Wildman–Crippen LogP) is 2.66. The van der Waals surface area contributed by atoms with Gasteiger partial charge in [-0.15, -0.1) is 24.0 Å². The van der Waals surface area contributed by atoms with Crippen LogP contribution >= 0.6 is 35.7 Å². The van der Waals surface area contributed by atoms with Crippen LogP contribution in [0.1, 0.15) is 25.3 Å². The van der Waals surface area contributed by atoms with Gasteiger partial charge in [0, 0.05) is 24.6 Å². The second kappa shape index (κ2) is 10.5. The molecule has 136 valence electrons. The molecule has 1 aromatic rings. The number of nitrogens with one attached hydrogen (secondary N) is 2. The zero-order valence-electron chi connectivity index (χ0n) is 14.1. The van der Waals surface area contributed by atoms with Crippen LogP contribution in [0.25, 0.3) is 0 Å². The highest BCUT2D eigenvalue weighted by Gasteiger charge is 2.15. The zero-order valence-corrected chi connectivity index (χ0v) is 18.1.